The molecule has 3 heteroatoms. The molecule has 1 aliphatic heterocycles. The fourth-order valence-electron chi connectivity index (χ4n) is 1.95. The summed E-state index contributed by atoms with van der Waals surface area (Å²) in [7, 11) is 0. The van der Waals surface area contributed by atoms with Crippen molar-refractivity contribution in [1.82, 2.24) is 0 Å². The molecule has 0 spiro atoms. The Hall–Kier alpha value is -1.90. The molecule has 0 fully saturated rings. The molecule has 3 nitrogen and oxygen atoms in total. The topological polar surface area (TPSA) is 43.4 Å². The Labute approximate surface area is 106 Å². The Morgan fingerprint density at radius 3 is 2.56 bits per heavy atom. The van der Waals surface area contributed by atoms with Gasteiger partial charge in [0.25, 0.3) is 0 Å². The van der Waals surface area contributed by atoms with Gasteiger partial charge in [-0.1, -0.05) is 38.1 Å². The molecule has 0 amide bonds. The lowest BCUT2D eigenvalue weighted by atomic mass is 9.88. The van der Waals surface area contributed by atoms with Crippen LogP contribution in [-0.2, 0) is 9.53 Å². The number of hydrogen-bond donors (Lipinski definition) is 0. The van der Waals surface area contributed by atoms with Gasteiger partial charge < -0.3 is 4.74 Å². The van der Waals surface area contributed by atoms with Gasteiger partial charge in [0.15, 0.2) is 6.29 Å². The monoisotopic (exact) mass is 244 g/mol. The lowest BCUT2D eigenvalue weighted by molar-refractivity contribution is -0.104. The van der Waals surface area contributed by atoms with Crippen molar-refractivity contribution in [1.29, 1.82) is 0 Å². The number of benzene rings is 1. The highest BCUT2D eigenvalue weighted by atomic mass is 16.5. The molecule has 94 valence electrons. The van der Waals surface area contributed by atoms with Gasteiger partial charge >= 0.3 is 0 Å². The molecule has 0 saturated heterocycles. The smallest absolute Gasteiger partial charge is 0.226 e. The summed E-state index contributed by atoms with van der Waals surface area (Å²) in [5.74, 6) is 0.158. The van der Waals surface area contributed by atoms with E-state index in [1.165, 1.54) is 0 Å². The summed E-state index contributed by atoms with van der Waals surface area (Å²) in [6.07, 6.45) is 2.39. The maximum Gasteiger partial charge on any atom is 0.226 e. The molecule has 1 unspecified atom stereocenters. The summed E-state index contributed by atoms with van der Waals surface area (Å²) in [5.41, 5.74) is 1.00. The van der Waals surface area contributed by atoms with Crippen molar-refractivity contribution in [2.24, 2.45) is 5.41 Å². The average Bonchev–Trinajstić information content (AvgIpc) is 2.63. The quantitative estimate of drug-likeness (QED) is 0.466. The highest BCUT2D eigenvalue weighted by Gasteiger charge is 2.34. The SMILES string of the molecule is CC1OC(c2ccccc2C(=O)C=O)=CC1(C)C. The highest BCUT2D eigenvalue weighted by molar-refractivity contribution is 6.34. The largest absolute Gasteiger partial charge is 0.489 e. The fraction of sp³-hybridized carbons (Fsp3) is 0.333. The molecule has 1 heterocycles. The number of ether oxygens (including phenoxy) is 1. The molecule has 1 aromatic carbocycles. The molecule has 0 bridgehead atoms. The van der Waals surface area contributed by atoms with Crippen LogP contribution in [0.1, 0.15) is 36.7 Å². The van der Waals surface area contributed by atoms with E-state index in [2.05, 4.69) is 13.8 Å². The minimum absolute atomic E-state index is 0.0480. The van der Waals surface area contributed by atoms with Crippen LogP contribution >= 0.6 is 0 Å². The Morgan fingerprint density at radius 2 is 2.00 bits per heavy atom. The van der Waals surface area contributed by atoms with Crippen molar-refractivity contribution in [2.75, 3.05) is 0 Å². The van der Waals surface area contributed by atoms with Gasteiger partial charge in [-0.05, 0) is 13.0 Å². The molecule has 0 saturated carbocycles. The number of rotatable bonds is 3. The van der Waals surface area contributed by atoms with E-state index in [9.17, 15) is 9.59 Å². The van der Waals surface area contributed by atoms with Gasteiger partial charge in [-0.3, -0.25) is 9.59 Å². The van der Waals surface area contributed by atoms with E-state index in [4.69, 9.17) is 4.74 Å². The Bertz CT molecular complexity index is 526. The predicted octanol–water partition coefficient (Wildman–Crippen LogP) is 2.85. The van der Waals surface area contributed by atoms with Gasteiger partial charge in [0.1, 0.15) is 11.9 Å². The Morgan fingerprint density at radius 1 is 1.33 bits per heavy atom. The van der Waals surface area contributed by atoms with Crippen molar-refractivity contribution < 1.29 is 14.3 Å². The molecule has 0 aliphatic carbocycles. The molecule has 1 atom stereocenters. The molecule has 18 heavy (non-hydrogen) atoms. The van der Waals surface area contributed by atoms with Gasteiger partial charge in [0.2, 0.25) is 5.78 Å². The second-order valence-electron chi connectivity index (χ2n) is 5.12. The number of hydrogen-bond acceptors (Lipinski definition) is 3. The zero-order valence-corrected chi connectivity index (χ0v) is 10.8. The normalized spacial score (nSPS) is 21.1. The number of Topliss-reactive ketones (excluding diaryl/α,β-unsaturated/α-hetero) is 1. The molecule has 0 radical (unpaired) electrons. The second kappa shape index (κ2) is 4.41. The van der Waals surface area contributed by atoms with Gasteiger partial charge in [0, 0.05) is 16.5 Å². The first-order valence-corrected chi connectivity index (χ1v) is 5.94. The molecule has 2 rings (SSSR count). The summed E-state index contributed by atoms with van der Waals surface area (Å²) < 4.78 is 5.79. The van der Waals surface area contributed by atoms with E-state index in [1.807, 2.05) is 19.1 Å². The van der Waals surface area contributed by atoms with Gasteiger partial charge in [-0.25, -0.2) is 0 Å². The van der Waals surface area contributed by atoms with Crippen LogP contribution < -0.4 is 0 Å². The van der Waals surface area contributed by atoms with Crippen LogP contribution in [0.2, 0.25) is 0 Å². The third-order valence-corrected chi connectivity index (χ3v) is 3.42. The van der Waals surface area contributed by atoms with Crippen molar-refractivity contribution in [3.8, 4) is 0 Å². The van der Waals surface area contributed by atoms with Crippen LogP contribution in [0.5, 0.6) is 0 Å². The van der Waals surface area contributed by atoms with E-state index in [0.29, 0.717) is 23.2 Å². The molecule has 0 aromatic heterocycles. The van der Waals surface area contributed by atoms with Crippen LogP contribution in [0.4, 0.5) is 0 Å². The number of carbonyl (C=O) groups excluding carboxylic acids is 2. The number of aldehydes is 1. The van der Waals surface area contributed by atoms with Crippen molar-refractivity contribution in [2.45, 2.75) is 26.9 Å². The van der Waals surface area contributed by atoms with Gasteiger partial charge in [-0.2, -0.15) is 0 Å². The fourth-order valence-corrected chi connectivity index (χ4v) is 1.95. The van der Waals surface area contributed by atoms with Crippen LogP contribution in [0.15, 0.2) is 30.3 Å². The third-order valence-electron chi connectivity index (χ3n) is 3.42. The third kappa shape index (κ3) is 2.08. The van der Waals surface area contributed by atoms with Crippen LogP contribution in [-0.4, -0.2) is 18.2 Å². The predicted molar refractivity (Wildman–Crippen MR) is 69.1 cm³/mol. The van der Waals surface area contributed by atoms with Crippen LogP contribution in [0.3, 0.4) is 0 Å². The second-order valence-corrected chi connectivity index (χ2v) is 5.12. The summed E-state index contributed by atoms with van der Waals surface area (Å²) in [4.78, 5) is 22.2. The molecule has 0 N–H and O–H groups in total. The van der Waals surface area contributed by atoms with E-state index in [0.717, 1.165) is 0 Å². The lowest BCUT2D eigenvalue weighted by Crippen LogP contribution is -2.20. The van der Waals surface area contributed by atoms with Crippen LogP contribution in [0.25, 0.3) is 5.76 Å². The summed E-state index contributed by atoms with van der Waals surface area (Å²) in [6.45, 7) is 6.15. The lowest BCUT2D eigenvalue weighted by Gasteiger charge is -2.20. The van der Waals surface area contributed by atoms with Gasteiger partial charge in [-0.15, -0.1) is 0 Å². The van der Waals surface area contributed by atoms with Crippen LogP contribution in [0, 0.1) is 5.41 Å². The molecular weight excluding hydrogens is 228 g/mol. The number of carbonyl (C=O) groups is 2. The maximum atomic E-state index is 11.6. The molecule has 1 aromatic rings. The maximum absolute atomic E-state index is 11.6. The summed E-state index contributed by atoms with van der Waals surface area (Å²) in [6, 6.07) is 7.02. The van der Waals surface area contributed by atoms with E-state index in [-0.39, 0.29) is 11.5 Å². The first kappa shape index (κ1) is 12.6. The zero-order chi connectivity index (χ0) is 13.3. The number of ketones is 1. The van der Waals surface area contributed by atoms with E-state index < -0.39 is 5.78 Å². The van der Waals surface area contributed by atoms with E-state index in [1.54, 1.807) is 18.2 Å². The Balaban J connectivity index is 2.48. The first-order chi connectivity index (χ1) is 8.45. The minimum atomic E-state index is -0.521. The molecular formula is C15H16O3. The first-order valence-electron chi connectivity index (χ1n) is 5.94. The van der Waals surface area contributed by atoms with Crippen molar-refractivity contribution in [3.05, 3.63) is 41.5 Å². The highest BCUT2D eigenvalue weighted by Crippen LogP contribution is 2.39. The standard InChI is InChI=1S/C15H16O3/c1-10-15(2,3)8-14(18-10)12-7-5-4-6-11(12)13(17)9-16/h4-10H,1-3H3. The van der Waals surface area contributed by atoms with Gasteiger partial charge in [0.05, 0.1) is 0 Å². The zero-order valence-electron chi connectivity index (χ0n) is 10.8. The molecule has 1 aliphatic rings. The minimum Gasteiger partial charge on any atom is -0.489 e. The van der Waals surface area contributed by atoms with E-state index >= 15 is 0 Å². The Kier molecular flexibility index (Phi) is 3.07. The average molecular weight is 244 g/mol. The summed E-state index contributed by atoms with van der Waals surface area (Å²) >= 11 is 0. The summed E-state index contributed by atoms with van der Waals surface area (Å²) in [5, 5.41) is 0. The van der Waals surface area contributed by atoms with Crippen molar-refractivity contribution in [3.63, 3.8) is 0 Å². The van der Waals surface area contributed by atoms with Crippen molar-refractivity contribution >= 4 is 17.8 Å².